The maximum atomic E-state index is 11.7. The summed E-state index contributed by atoms with van der Waals surface area (Å²) < 4.78 is 21.3. The van der Waals surface area contributed by atoms with Crippen LogP contribution in [0.3, 0.4) is 0 Å². The van der Waals surface area contributed by atoms with Crippen molar-refractivity contribution in [3.8, 4) is 0 Å². The predicted octanol–water partition coefficient (Wildman–Crippen LogP) is -0.990. The van der Waals surface area contributed by atoms with Crippen molar-refractivity contribution in [2.75, 3.05) is 72.5 Å². The zero-order valence-electron chi connectivity index (χ0n) is 18.1. The fourth-order valence-electron chi connectivity index (χ4n) is 2.43. The van der Waals surface area contributed by atoms with E-state index in [0.717, 1.165) is 4.90 Å². The molecule has 0 spiro atoms. The smallest absolute Gasteiger partial charge is 0.253 e. The van der Waals surface area contributed by atoms with Crippen LogP contribution in [0.4, 0.5) is 0 Å². The van der Waals surface area contributed by atoms with Gasteiger partial charge in [0, 0.05) is 44.6 Å². The molecule has 2 N–H and O–H groups in total. The number of imide groups is 1. The molecule has 11 nitrogen and oxygen atoms in total. The van der Waals surface area contributed by atoms with Crippen molar-refractivity contribution in [3.63, 3.8) is 0 Å². The predicted molar refractivity (Wildman–Crippen MR) is 110 cm³/mol. The molecule has 0 aliphatic carbocycles. The van der Waals surface area contributed by atoms with E-state index in [9.17, 15) is 19.2 Å². The first-order valence-corrected chi connectivity index (χ1v) is 10.4. The van der Waals surface area contributed by atoms with Gasteiger partial charge in [0.25, 0.3) is 11.8 Å². The van der Waals surface area contributed by atoms with Gasteiger partial charge in [-0.05, 0) is 6.92 Å². The highest BCUT2D eigenvalue weighted by Crippen LogP contribution is 2.03. The first-order valence-electron chi connectivity index (χ1n) is 10.4. The highest BCUT2D eigenvalue weighted by molar-refractivity contribution is 6.13. The summed E-state index contributed by atoms with van der Waals surface area (Å²) in [7, 11) is 0. The Balaban J connectivity index is 1.78. The monoisotopic (exact) mass is 443 g/mol. The Morgan fingerprint density at radius 2 is 1.23 bits per heavy atom. The number of carbonyl (C=O) groups is 4. The number of hydrogen-bond acceptors (Lipinski definition) is 8. The van der Waals surface area contributed by atoms with Gasteiger partial charge in [-0.1, -0.05) is 0 Å². The molecule has 1 rings (SSSR count). The third kappa shape index (κ3) is 13.6. The second-order valence-electron chi connectivity index (χ2n) is 6.41. The van der Waals surface area contributed by atoms with E-state index in [0.29, 0.717) is 72.4 Å². The van der Waals surface area contributed by atoms with Gasteiger partial charge in [-0.2, -0.15) is 0 Å². The molecule has 1 aliphatic heterocycles. The molecule has 0 radical (unpaired) electrons. The Kier molecular flexibility index (Phi) is 14.9. The molecule has 1 aliphatic rings. The molecule has 0 atom stereocenters. The van der Waals surface area contributed by atoms with Gasteiger partial charge >= 0.3 is 0 Å². The summed E-state index contributed by atoms with van der Waals surface area (Å²) in [5.41, 5.74) is 0. The van der Waals surface area contributed by atoms with Gasteiger partial charge in [0.2, 0.25) is 11.8 Å². The first-order chi connectivity index (χ1) is 15.0. The average molecular weight is 443 g/mol. The molecule has 0 bridgehead atoms. The van der Waals surface area contributed by atoms with Gasteiger partial charge < -0.3 is 29.6 Å². The molecule has 0 aromatic heterocycles. The number of carbonyl (C=O) groups excluding carboxylic acids is 4. The Labute approximate surface area is 182 Å². The zero-order valence-corrected chi connectivity index (χ0v) is 18.1. The van der Waals surface area contributed by atoms with E-state index in [1.54, 1.807) is 0 Å². The molecule has 0 saturated heterocycles. The maximum absolute atomic E-state index is 11.7. The van der Waals surface area contributed by atoms with Crippen molar-refractivity contribution in [2.24, 2.45) is 0 Å². The van der Waals surface area contributed by atoms with Gasteiger partial charge in [0.05, 0.1) is 52.9 Å². The lowest BCUT2D eigenvalue weighted by atomic mass is 10.3. The van der Waals surface area contributed by atoms with Crippen molar-refractivity contribution in [2.45, 2.75) is 19.8 Å². The number of amides is 4. The van der Waals surface area contributed by atoms with Crippen molar-refractivity contribution in [1.82, 2.24) is 15.5 Å². The number of nitrogens with one attached hydrogen (secondary N) is 2. The minimum atomic E-state index is -0.395. The van der Waals surface area contributed by atoms with Crippen LogP contribution in [-0.4, -0.2) is 101 Å². The molecule has 1 heterocycles. The number of rotatable bonds is 19. The van der Waals surface area contributed by atoms with Crippen LogP contribution in [-0.2, 0) is 38.1 Å². The van der Waals surface area contributed by atoms with Crippen molar-refractivity contribution in [1.29, 1.82) is 0 Å². The van der Waals surface area contributed by atoms with Crippen LogP contribution < -0.4 is 10.6 Å². The van der Waals surface area contributed by atoms with Crippen LogP contribution in [0.25, 0.3) is 0 Å². The number of nitrogens with zero attached hydrogens (tertiary/aromatic N) is 1. The van der Waals surface area contributed by atoms with E-state index in [1.165, 1.54) is 12.2 Å². The Bertz CT molecular complexity index is 579. The zero-order chi connectivity index (χ0) is 22.7. The molecule has 0 fully saturated rings. The van der Waals surface area contributed by atoms with Gasteiger partial charge in [0.1, 0.15) is 0 Å². The van der Waals surface area contributed by atoms with E-state index in [2.05, 4.69) is 10.6 Å². The number of hydrogen-bond donors (Lipinski definition) is 2. The summed E-state index contributed by atoms with van der Waals surface area (Å²) in [5.74, 6) is -1.06. The van der Waals surface area contributed by atoms with E-state index < -0.39 is 11.8 Å². The van der Waals surface area contributed by atoms with E-state index in [4.69, 9.17) is 18.9 Å². The molecule has 176 valence electrons. The van der Waals surface area contributed by atoms with E-state index in [-0.39, 0.29) is 24.8 Å². The van der Waals surface area contributed by atoms with Crippen LogP contribution in [0.2, 0.25) is 0 Å². The van der Waals surface area contributed by atoms with Crippen LogP contribution in [0.1, 0.15) is 19.8 Å². The molecule has 4 amide bonds. The molecule has 0 unspecified atom stereocenters. The SMILES string of the molecule is CCNC(=O)CCOCCOCCOCCOCCNC(=O)CCN1C(=O)C=CC1=O. The van der Waals surface area contributed by atoms with Crippen LogP contribution in [0.15, 0.2) is 12.2 Å². The normalized spacial score (nSPS) is 13.1. The molecule has 0 aromatic carbocycles. The summed E-state index contributed by atoms with van der Waals surface area (Å²) in [6.07, 6.45) is 2.78. The van der Waals surface area contributed by atoms with Crippen LogP contribution in [0, 0.1) is 0 Å². The number of ether oxygens (including phenoxy) is 4. The third-order valence-corrected chi connectivity index (χ3v) is 4.00. The summed E-state index contributed by atoms with van der Waals surface area (Å²) in [6, 6.07) is 0. The van der Waals surface area contributed by atoms with Crippen molar-refractivity contribution < 1.29 is 38.1 Å². The molecule has 0 aromatic rings. The highest BCUT2D eigenvalue weighted by atomic mass is 16.6. The largest absolute Gasteiger partial charge is 0.379 e. The highest BCUT2D eigenvalue weighted by Gasteiger charge is 2.23. The van der Waals surface area contributed by atoms with E-state index >= 15 is 0 Å². The van der Waals surface area contributed by atoms with Gasteiger partial charge in [-0.3, -0.25) is 24.1 Å². The van der Waals surface area contributed by atoms with Crippen molar-refractivity contribution in [3.05, 3.63) is 12.2 Å². The lowest BCUT2D eigenvalue weighted by Crippen LogP contribution is -2.35. The topological polar surface area (TPSA) is 132 Å². The lowest BCUT2D eigenvalue weighted by molar-refractivity contribution is -0.137. The lowest BCUT2D eigenvalue weighted by Gasteiger charge is -2.13. The first kappa shape index (κ1) is 26.7. The van der Waals surface area contributed by atoms with Crippen LogP contribution >= 0.6 is 0 Å². The van der Waals surface area contributed by atoms with Crippen LogP contribution in [0.5, 0.6) is 0 Å². The maximum Gasteiger partial charge on any atom is 0.253 e. The molecular formula is C20H33N3O8. The summed E-state index contributed by atoms with van der Waals surface area (Å²) in [4.78, 5) is 46.6. The van der Waals surface area contributed by atoms with Gasteiger partial charge in [-0.15, -0.1) is 0 Å². The average Bonchev–Trinajstić information content (AvgIpc) is 3.06. The molecular weight excluding hydrogens is 410 g/mol. The summed E-state index contributed by atoms with van der Waals surface area (Å²) >= 11 is 0. The second-order valence-corrected chi connectivity index (χ2v) is 6.41. The van der Waals surface area contributed by atoms with E-state index in [1.807, 2.05) is 6.92 Å². The fourth-order valence-corrected chi connectivity index (χ4v) is 2.43. The Morgan fingerprint density at radius 1 is 0.742 bits per heavy atom. The van der Waals surface area contributed by atoms with Gasteiger partial charge in [0.15, 0.2) is 0 Å². The summed E-state index contributed by atoms with van der Waals surface area (Å²) in [6.45, 7) is 6.13. The van der Waals surface area contributed by atoms with Crippen molar-refractivity contribution >= 4 is 23.6 Å². The Morgan fingerprint density at radius 3 is 1.77 bits per heavy atom. The summed E-state index contributed by atoms with van der Waals surface area (Å²) in [5, 5.41) is 5.36. The molecule has 31 heavy (non-hydrogen) atoms. The third-order valence-electron chi connectivity index (χ3n) is 4.00. The van der Waals surface area contributed by atoms with Gasteiger partial charge in [-0.25, -0.2) is 0 Å². The fraction of sp³-hybridized carbons (Fsp3) is 0.700. The molecule has 11 heteroatoms. The molecule has 0 saturated carbocycles. The standard InChI is InChI=1S/C20H33N3O8/c1-2-21-18(25)6-9-28-11-13-30-15-16-31-14-12-29-10-7-22-17(24)5-8-23-19(26)3-4-20(23)27/h3-4H,2,5-16H2,1H3,(H,21,25)(H,22,24). The second kappa shape index (κ2) is 17.4. The minimum Gasteiger partial charge on any atom is -0.379 e. The minimum absolute atomic E-state index is 0.0212. The Hall–Kier alpha value is -2.34. The quantitative estimate of drug-likeness (QED) is 0.192.